The number of nitrogens with one attached hydrogen (secondary N) is 1. The highest BCUT2D eigenvalue weighted by molar-refractivity contribution is 8.01. The highest BCUT2D eigenvalue weighted by atomic mass is 32.2. The molecule has 5 heterocycles. The molecule has 0 amide bonds. The van der Waals surface area contributed by atoms with Gasteiger partial charge >= 0.3 is 0 Å². The van der Waals surface area contributed by atoms with Crippen LogP contribution in [0, 0.1) is 0 Å². The van der Waals surface area contributed by atoms with Gasteiger partial charge in [0.1, 0.15) is 5.37 Å². The van der Waals surface area contributed by atoms with Crippen LogP contribution >= 0.6 is 11.8 Å². The highest BCUT2D eigenvalue weighted by Gasteiger charge is 2.33. The lowest BCUT2D eigenvalue weighted by atomic mass is 10.0. The summed E-state index contributed by atoms with van der Waals surface area (Å²) in [7, 11) is 0. The minimum Gasteiger partial charge on any atom is -0.375 e. The minimum atomic E-state index is 0.0912. The third-order valence-corrected chi connectivity index (χ3v) is 12.7. The number of fused-ring (bicyclic) bond motifs is 7. The molecular weight excluding hydrogens is 753 g/mol. The summed E-state index contributed by atoms with van der Waals surface area (Å²) in [6.07, 6.45) is 6.22. The Morgan fingerprint density at radius 3 is 1.90 bits per heavy atom. The van der Waals surface area contributed by atoms with E-state index in [-0.39, 0.29) is 5.37 Å². The maximum atomic E-state index is 5.29. The van der Waals surface area contributed by atoms with Gasteiger partial charge in [0.05, 0.1) is 38.7 Å². The summed E-state index contributed by atoms with van der Waals surface area (Å²) >= 11 is 1.77. The van der Waals surface area contributed by atoms with E-state index in [0.717, 1.165) is 66.6 Å². The average molecular weight is 787 g/mol. The smallest absolute Gasteiger partial charge is 0.160 e. The molecule has 1 atom stereocenters. The van der Waals surface area contributed by atoms with Crippen LogP contribution < -0.4 is 5.32 Å². The molecule has 7 heteroatoms. The lowest BCUT2D eigenvalue weighted by Gasteiger charge is -2.14. The number of aromatic nitrogens is 5. The molecule has 0 fully saturated rings. The van der Waals surface area contributed by atoms with E-state index in [2.05, 4.69) is 174 Å². The van der Waals surface area contributed by atoms with Gasteiger partial charge < -0.3 is 9.88 Å². The Morgan fingerprint density at radius 1 is 0.467 bits per heavy atom. The molecule has 282 valence electrons. The Hall–Kier alpha value is -7.61. The number of allylic oxidation sites excluding steroid dienone is 2. The van der Waals surface area contributed by atoms with Crippen molar-refractivity contribution < 1.29 is 0 Å². The zero-order valence-corrected chi connectivity index (χ0v) is 33.0. The summed E-state index contributed by atoms with van der Waals surface area (Å²) in [6.45, 7) is 0. The lowest BCUT2D eigenvalue weighted by Crippen LogP contribution is -2.20. The number of thioether (sulfide) groups is 1. The molecule has 0 spiro atoms. The largest absolute Gasteiger partial charge is 0.375 e. The molecule has 0 aliphatic carbocycles. The first-order valence-corrected chi connectivity index (χ1v) is 21.0. The monoisotopic (exact) mass is 786 g/mol. The third kappa shape index (κ3) is 5.82. The molecule has 7 aromatic carbocycles. The fourth-order valence-corrected chi connectivity index (χ4v) is 9.81. The van der Waals surface area contributed by atoms with Crippen LogP contribution in [0.2, 0.25) is 0 Å². The summed E-state index contributed by atoms with van der Waals surface area (Å²) in [5, 5.41) is 8.43. The second kappa shape index (κ2) is 14.0. The number of para-hydroxylation sites is 2. The summed E-state index contributed by atoms with van der Waals surface area (Å²) in [5.41, 5.74) is 13.2. The van der Waals surface area contributed by atoms with E-state index in [9.17, 15) is 0 Å². The van der Waals surface area contributed by atoms with E-state index in [1.165, 1.54) is 32.8 Å². The molecule has 12 rings (SSSR count). The van der Waals surface area contributed by atoms with E-state index in [1.54, 1.807) is 11.8 Å². The molecular formula is C53H34N6S. The normalized spacial score (nSPS) is 14.3. The molecule has 2 aliphatic rings. The molecule has 0 bridgehead atoms. The van der Waals surface area contributed by atoms with Gasteiger partial charge in [0, 0.05) is 49.9 Å². The van der Waals surface area contributed by atoms with Crippen LogP contribution in [0.3, 0.4) is 0 Å². The number of hydrogen-bond donors (Lipinski definition) is 1. The second-order valence-electron chi connectivity index (χ2n) is 15.1. The minimum absolute atomic E-state index is 0.0912. The van der Waals surface area contributed by atoms with Crippen LogP contribution in [0.4, 0.5) is 0 Å². The van der Waals surface area contributed by atoms with Crippen molar-refractivity contribution in [2.45, 2.75) is 10.3 Å². The number of rotatable bonds is 6. The first-order chi connectivity index (χ1) is 29.7. The van der Waals surface area contributed by atoms with Gasteiger partial charge in [-0.2, -0.15) is 0 Å². The Bertz CT molecular complexity index is 3330. The van der Waals surface area contributed by atoms with Gasteiger partial charge in [-0.15, -0.1) is 0 Å². The standard InChI is InChI=1S/C53H34N6S/c1-2-13-36(14-3-1)51-55-44(32-45(56-51)38-16-10-17-40(31-38)59-46-21-8-6-18-41(46)42-19-7-9-22-47(42)59)34-24-26-35(27-25-34)48-50-49(43-20-11-29-54-53(43)60-50)58-52(57-48)39-28-23-33-12-4-5-15-37(33)30-39/h1-32,53-54H. The van der Waals surface area contributed by atoms with Gasteiger partial charge in [-0.1, -0.05) is 157 Å². The average Bonchev–Trinajstić information content (AvgIpc) is 3.87. The Morgan fingerprint density at radius 2 is 1.10 bits per heavy atom. The van der Waals surface area contributed by atoms with Crippen molar-refractivity contribution in [1.29, 1.82) is 0 Å². The predicted molar refractivity (Wildman–Crippen MR) is 247 cm³/mol. The van der Waals surface area contributed by atoms with E-state index in [4.69, 9.17) is 19.9 Å². The van der Waals surface area contributed by atoms with E-state index in [0.29, 0.717) is 11.6 Å². The van der Waals surface area contributed by atoms with Crippen molar-refractivity contribution in [2.24, 2.45) is 0 Å². The maximum Gasteiger partial charge on any atom is 0.160 e. The fraction of sp³-hybridized carbons (Fsp3) is 0.0189. The molecule has 60 heavy (non-hydrogen) atoms. The quantitative estimate of drug-likeness (QED) is 0.181. The molecule has 10 aromatic rings. The van der Waals surface area contributed by atoms with Crippen LogP contribution in [0.15, 0.2) is 199 Å². The van der Waals surface area contributed by atoms with Crippen LogP contribution in [-0.2, 0) is 0 Å². The maximum absolute atomic E-state index is 5.29. The van der Waals surface area contributed by atoms with Crippen molar-refractivity contribution in [3.8, 4) is 62.2 Å². The summed E-state index contributed by atoms with van der Waals surface area (Å²) in [5.74, 6) is 1.39. The summed E-state index contributed by atoms with van der Waals surface area (Å²) in [4.78, 5) is 21.9. The van der Waals surface area contributed by atoms with Crippen molar-refractivity contribution in [3.63, 3.8) is 0 Å². The lowest BCUT2D eigenvalue weighted by molar-refractivity contribution is 0.933. The van der Waals surface area contributed by atoms with E-state index in [1.807, 2.05) is 30.5 Å². The predicted octanol–water partition coefficient (Wildman–Crippen LogP) is 12.8. The van der Waals surface area contributed by atoms with Gasteiger partial charge in [0.25, 0.3) is 0 Å². The van der Waals surface area contributed by atoms with Gasteiger partial charge in [-0.05, 0) is 59.4 Å². The van der Waals surface area contributed by atoms with Crippen molar-refractivity contribution >= 4 is 49.9 Å². The summed E-state index contributed by atoms with van der Waals surface area (Å²) in [6, 6.07) is 61.7. The van der Waals surface area contributed by atoms with Gasteiger partial charge in [0.2, 0.25) is 0 Å². The van der Waals surface area contributed by atoms with E-state index < -0.39 is 0 Å². The Balaban J connectivity index is 0.969. The third-order valence-electron chi connectivity index (χ3n) is 11.5. The topological polar surface area (TPSA) is 68.5 Å². The van der Waals surface area contributed by atoms with Crippen molar-refractivity contribution in [1.82, 2.24) is 29.8 Å². The van der Waals surface area contributed by atoms with E-state index >= 15 is 0 Å². The van der Waals surface area contributed by atoms with Crippen molar-refractivity contribution in [2.75, 3.05) is 0 Å². The molecule has 0 saturated carbocycles. The van der Waals surface area contributed by atoms with Crippen molar-refractivity contribution in [3.05, 3.63) is 200 Å². The number of nitrogens with zero attached hydrogens (tertiary/aromatic N) is 5. The van der Waals surface area contributed by atoms with Gasteiger partial charge in [-0.3, -0.25) is 0 Å². The van der Waals surface area contributed by atoms with Crippen LogP contribution in [0.25, 0.3) is 100 Å². The molecule has 0 saturated heterocycles. The Kier molecular flexibility index (Phi) is 8.06. The number of dihydropyridines is 1. The second-order valence-corrected chi connectivity index (χ2v) is 16.2. The highest BCUT2D eigenvalue weighted by Crippen LogP contribution is 2.48. The van der Waals surface area contributed by atoms with Crippen LogP contribution in [0.5, 0.6) is 0 Å². The van der Waals surface area contributed by atoms with Gasteiger partial charge in [-0.25, -0.2) is 19.9 Å². The Labute approximate surface area is 350 Å². The van der Waals surface area contributed by atoms with Crippen LogP contribution in [-0.4, -0.2) is 29.9 Å². The molecule has 3 aromatic heterocycles. The fourth-order valence-electron chi connectivity index (χ4n) is 8.56. The van der Waals surface area contributed by atoms with Crippen LogP contribution in [0.1, 0.15) is 5.69 Å². The SMILES string of the molecule is C1=CNC2Sc3c(nc(-c4ccc5ccccc5c4)nc3-c3ccc(-c4cc(-c5cccc(-n6c7ccccc7c7ccccc76)c5)nc(-c5ccccc5)n4)cc3)C2=C1. The first-order valence-electron chi connectivity index (χ1n) is 20.1. The van der Waals surface area contributed by atoms with Gasteiger partial charge in [0.15, 0.2) is 11.6 Å². The molecule has 1 N–H and O–H groups in total. The molecule has 6 nitrogen and oxygen atoms in total. The number of benzene rings is 7. The molecule has 2 aliphatic heterocycles. The summed E-state index contributed by atoms with van der Waals surface area (Å²) < 4.78 is 2.35. The number of hydrogen-bond acceptors (Lipinski definition) is 6. The first kappa shape index (κ1) is 34.4. The zero-order valence-electron chi connectivity index (χ0n) is 32.2. The molecule has 0 radical (unpaired) electrons. The molecule has 1 unspecified atom stereocenters. The zero-order chi connectivity index (χ0) is 39.6.